The highest BCUT2D eigenvalue weighted by Crippen LogP contribution is 2.46. The molecule has 0 spiro atoms. The second-order valence-corrected chi connectivity index (χ2v) is 7.41. The number of anilines is 1. The van der Waals surface area contributed by atoms with Gasteiger partial charge in [-0.25, -0.2) is 9.82 Å². The molecule has 2 N–H and O–H groups in total. The first kappa shape index (κ1) is 16.0. The third-order valence-electron chi connectivity index (χ3n) is 4.71. The summed E-state index contributed by atoms with van der Waals surface area (Å²) >= 11 is 1.64. The Morgan fingerprint density at radius 1 is 1.25 bits per heavy atom. The summed E-state index contributed by atoms with van der Waals surface area (Å²) in [6, 6.07) is 5.40. The minimum atomic E-state index is -0.174. The molecule has 1 saturated heterocycles. The zero-order valence-corrected chi connectivity index (χ0v) is 14.8. The van der Waals surface area contributed by atoms with Gasteiger partial charge in [-0.2, -0.15) is 0 Å². The van der Waals surface area contributed by atoms with Crippen molar-refractivity contribution in [1.82, 2.24) is 10.7 Å². The van der Waals surface area contributed by atoms with Crippen molar-refractivity contribution in [3.05, 3.63) is 39.8 Å². The minimum Gasteiger partial charge on any atom is -0.353 e. The van der Waals surface area contributed by atoms with E-state index in [0.717, 1.165) is 47.6 Å². The van der Waals surface area contributed by atoms with Gasteiger partial charge in [0, 0.05) is 23.6 Å². The second-order valence-electron chi connectivity index (χ2n) is 6.50. The maximum absolute atomic E-state index is 14.4. The van der Waals surface area contributed by atoms with Gasteiger partial charge in [0.15, 0.2) is 6.23 Å². The first-order valence-electron chi connectivity index (χ1n) is 8.37. The van der Waals surface area contributed by atoms with Crippen LogP contribution in [0.1, 0.15) is 29.5 Å². The van der Waals surface area contributed by atoms with Crippen molar-refractivity contribution in [1.29, 1.82) is 0 Å². The van der Waals surface area contributed by atoms with Gasteiger partial charge in [-0.15, -0.1) is 11.3 Å². The Morgan fingerprint density at radius 3 is 2.79 bits per heavy atom. The molecule has 0 aliphatic carbocycles. The molecule has 0 radical (unpaired) electrons. The van der Waals surface area contributed by atoms with Crippen molar-refractivity contribution in [2.45, 2.75) is 32.1 Å². The highest BCUT2D eigenvalue weighted by molar-refractivity contribution is 7.11. The molecular weight excluding hydrogens is 325 g/mol. The molecule has 1 aromatic carbocycles. The molecule has 4 rings (SSSR count). The smallest absolute Gasteiger partial charge is 0.162 e. The summed E-state index contributed by atoms with van der Waals surface area (Å²) in [4.78, 5) is 1.13. The Morgan fingerprint density at radius 2 is 2.04 bits per heavy atom. The van der Waals surface area contributed by atoms with Crippen LogP contribution in [0.2, 0.25) is 0 Å². The van der Waals surface area contributed by atoms with E-state index in [4.69, 9.17) is 4.74 Å². The van der Waals surface area contributed by atoms with Crippen LogP contribution in [-0.4, -0.2) is 26.2 Å². The van der Waals surface area contributed by atoms with Crippen LogP contribution in [0.3, 0.4) is 0 Å². The van der Waals surface area contributed by atoms with Crippen LogP contribution < -0.4 is 15.8 Å². The summed E-state index contributed by atoms with van der Waals surface area (Å²) in [5, 5.41) is 7.35. The number of rotatable bonds is 3. The van der Waals surface area contributed by atoms with Crippen LogP contribution in [0.5, 0.6) is 0 Å². The lowest BCUT2D eigenvalue weighted by atomic mass is 10.0. The highest BCUT2D eigenvalue weighted by atomic mass is 32.1. The molecule has 1 unspecified atom stereocenters. The number of hydrazine groups is 1. The molecule has 24 heavy (non-hydrogen) atoms. The van der Waals surface area contributed by atoms with E-state index >= 15 is 0 Å². The van der Waals surface area contributed by atoms with Gasteiger partial charge in [0.2, 0.25) is 0 Å². The molecule has 0 amide bonds. The van der Waals surface area contributed by atoms with E-state index in [1.54, 1.807) is 17.4 Å². The van der Waals surface area contributed by atoms with Crippen LogP contribution >= 0.6 is 11.3 Å². The van der Waals surface area contributed by atoms with Gasteiger partial charge in [-0.3, -0.25) is 0 Å². The van der Waals surface area contributed by atoms with Gasteiger partial charge in [0.05, 0.1) is 16.7 Å². The fourth-order valence-electron chi connectivity index (χ4n) is 3.44. The number of halogens is 1. The van der Waals surface area contributed by atoms with Gasteiger partial charge in [-0.05, 0) is 44.5 Å². The maximum Gasteiger partial charge on any atom is 0.162 e. The zero-order chi connectivity index (χ0) is 16.7. The summed E-state index contributed by atoms with van der Waals surface area (Å²) in [5.41, 5.74) is 6.90. The number of thiophene rings is 1. The largest absolute Gasteiger partial charge is 0.353 e. The van der Waals surface area contributed by atoms with Crippen molar-refractivity contribution >= 4 is 17.0 Å². The van der Waals surface area contributed by atoms with Crippen LogP contribution in [0.25, 0.3) is 11.1 Å². The number of aryl methyl sites for hydroxylation is 1. The Kier molecular flexibility index (Phi) is 4.30. The molecule has 0 bridgehead atoms. The van der Waals surface area contributed by atoms with Gasteiger partial charge in [0.25, 0.3) is 0 Å². The number of nitrogens with one attached hydrogen (secondary N) is 2. The van der Waals surface area contributed by atoms with E-state index < -0.39 is 0 Å². The standard InChI is InChI=1S/C18H22FN3OS/c1-11-3-4-13(15(19)9-11)14-10-24-17-16(14)22(2)21-18(17)23-12-5-7-20-8-6-12/h3-4,9-10,12,18,20-21H,5-8H2,1-2H3. The molecule has 1 atom stereocenters. The Balaban J connectivity index is 1.63. The Hall–Kier alpha value is -1.47. The SMILES string of the molecule is Cc1ccc(-c2csc3c2N(C)NC3OC2CCNCC2)c(F)c1. The molecule has 3 heterocycles. The van der Waals surface area contributed by atoms with E-state index in [2.05, 4.69) is 10.7 Å². The van der Waals surface area contributed by atoms with Crippen molar-refractivity contribution < 1.29 is 9.13 Å². The summed E-state index contributed by atoms with van der Waals surface area (Å²) in [5.74, 6) is -0.174. The average molecular weight is 347 g/mol. The highest BCUT2D eigenvalue weighted by Gasteiger charge is 2.34. The molecule has 4 nitrogen and oxygen atoms in total. The normalized spacial score (nSPS) is 21.3. The predicted octanol–water partition coefficient (Wildman–Crippen LogP) is 3.58. The Labute approximate surface area is 145 Å². The van der Waals surface area contributed by atoms with Crippen molar-refractivity contribution in [3.8, 4) is 11.1 Å². The summed E-state index contributed by atoms with van der Waals surface area (Å²) in [7, 11) is 1.97. The van der Waals surface area contributed by atoms with E-state index in [9.17, 15) is 4.39 Å². The van der Waals surface area contributed by atoms with Crippen molar-refractivity contribution in [2.75, 3.05) is 25.1 Å². The fraction of sp³-hybridized carbons (Fsp3) is 0.444. The monoisotopic (exact) mass is 347 g/mol. The molecule has 2 aliphatic heterocycles. The minimum absolute atomic E-state index is 0.139. The van der Waals surface area contributed by atoms with Crippen molar-refractivity contribution in [3.63, 3.8) is 0 Å². The lowest BCUT2D eigenvalue weighted by Crippen LogP contribution is -2.37. The molecule has 1 fully saturated rings. The number of nitrogens with zero attached hydrogens (tertiary/aromatic N) is 1. The van der Waals surface area contributed by atoms with Gasteiger partial charge < -0.3 is 15.1 Å². The van der Waals surface area contributed by atoms with E-state index in [1.807, 2.05) is 36.5 Å². The fourth-order valence-corrected chi connectivity index (χ4v) is 4.52. The van der Waals surface area contributed by atoms with Crippen LogP contribution in [-0.2, 0) is 4.74 Å². The third kappa shape index (κ3) is 2.84. The number of fused-ring (bicyclic) bond motifs is 1. The summed E-state index contributed by atoms with van der Waals surface area (Å²) < 4.78 is 20.7. The molecule has 0 saturated carbocycles. The first-order valence-corrected chi connectivity index (χ1v) is 9.25. The molecule has 2 aliphatic rings. The summed E-state index contributed by atoms with van der Waals surface area (Å²) in [6.45, 7) is 3.91. The topological polar surface area (TPSA) is 36.5 Å². The number of benzene rings is 1. The van der Waals surface area contributed by atoms with E-state index in [0.29, 0.717) is 5.56 Å². The predicted molar refractivity (Wildman–Crippen MR) is 95.7 cm³/mol. The summed E-state index contributed by atoms with van der Waals surface area (Å²) in [6.07, 6.45) is 2.19. The molecule has 1 aromatic heterocycles. The number of piperidine rings is 1. The zero-order valence-electron chi connectivity index (χ0n) is 13.9. The number of hydrogen-bond acceptors (Lipinski definition) is 5. The molecule has 128 valence electrons. The van der Waals surface area contributed by atoms with Crippen molar-refractivity contribution in [2.24, 2.45) is 0 Å². The van der Waals surface area contributed by atoms with E-state index in [1.165, 1.54) is 0 Å². The third-order valence-corrected chi connectivity index (χ3v) is 5.72. The lowest BCUT2D eigenvalue weighted by Gasteiger charge is -2.26. The van der Waals surface area contributed by atoms with Gasteiger partial charge in [0.1, 0.15) is 5.82 Å². The lowest BCUT2D eigenvalue weighted by molar-refractivity contribution is -0.0385. The first-order chi connectivity index (χ1) is 11.6. The Bertz CT molecular complexity index is 742. The van der Waals surface area contributed by atoms with E-state index in [-0.39, 0.29) is 18.1 Å². The second kappa shape index (κ2) is 6.44. The molecular formula is C18H22FN3OS. The number of ether oxygens (including phenoxy) is 1. The maximum atomic E-state index is 14.4. The molecule has 2 aromatic rings. The van der Waals surface area contributed by atoms with Gasteiger partial charge in [-0.1, -0.05) is 12.1 Å². The van der Waals surface area contributed by atoms with Crippen LogP contribution in [0.4, 0.5) is 10.1 Å². The average Bonchev–Trinajstić information content (AvgIpc) is 3.11. The molecule has 6 heteroatoms. The number of hydrogen-bond donors (Lipinski definition) is 2. The van der Waals surface area contributed by atoms with Crippen LogP contribution in [0, 0.1) is 12.7 Å². The van der Waals surface area contributed by atoms with Crippen LogP contribution in [0.15, 0.2) is 23.6 Å². The quantitative estimate of drug-likeness (QED) is 0.890. The van der Waals surface area contributed by atoms with Gasteiger partial charge >= 0.3 is 0 Å².